The van der Waals surface area contributed by atoms with Crippen LogP contribution in [-0.2, 0) is 4.79 Å². The molecule has 1 heterocycles. The van der Waals surface area contributed by atoms with Crippen molar-refractivity contribution in [3.63, 3.8) is 0 Å². The number of anilines is 2. The van der Waals surface area contributed by atoms with Gasteiger partial charge in [-0.2, -0.15) is 0 Å². The summed E-state index contributed by atoms with van der Waals surface area (Å²) < 4.78 is 0. The number of nitrogens with zero attached hydrogens (tertiary/aromatic N) is 1. The van der Waals surface area contributed by atoms with Gasteiger partial charge in [-0.05, 0) is 24.6 Å². The topological polar surface area (TPSA) is 44.4 Å². The second-order valence-electron chi connectivity index (χ2n) is 4.70. The average molecular weight is 245 g/mol. The molecule has 1 aliphatic heterocycles. The number of hydrogen-bond donors (Lipinski definition) is 2. The monoisotopic (exact) mass is 245 g/mol. The van der Waals surface area contributed by atoms with Crippen molar-refractivity contribution in [2.45, 2.75) is 6.92 Å². The van der Waals surface area contributed by atoms with Crippen LogP contribution in [0.25, 0.3) is 0 Å². The zero-order valence-corrected chi connectivity index (χ0v) is 11.1. The normalized spacial score (nSPS) is 13.8. The van der Waals surface area contributed by atoms with E-state index < -0.39 is 0 Å². The highest BCUT2D eigenvalue weighted by Crippen LogP contribution is 2.24. The van der Waals surface area contributed by atoms with E-state index >= 15 is 0 Å². The molecule has 1 aliphatic rings. The van der Waals surface area contributed by atoms with Gasteiger partial charge in [0.15, 0.2) is 0 Å². The molecule has 0 unspecified atom stereocenters. The molecule has 0 aliphatic carbocycles. The average Bonchev–Trinajstić information content (AvgIpc) is 2.27. The van der Waals surface area contributed by atoms with Gasteiger partial charge < -0.3 is 15.5 Å². The SMILES string of the molecule is CC(C(=O)Nc1ccccc1N(C)C)=C1CNC1. The molecule has 1 amide bonds. The minimum atomic E-state index is -0.0131. The van der Waals surface area contributed by atoms with Crippen LogP contribution in [0, 0.1) is 0 Å². The fraction of sp³-hybridized carbons (Fsp3) is 0.357. The number of benzene rings is 1. The molecule has 0 aromatic heterocycles. The Morgan fingerprint density at radius 3 is 2.50 bits per heavy atom. The summed E-state index contributed by atoms with van der Waals surface area (Å²) in [5.41, 5.74) is 3.87. The van der Waals surface area contributed by atoms with E-state index in [0.29, 0.717) is 0 Å². The predicted molar refractivity (Wildman–Crippen MR) is 75.0 cm³/mol. The van der Waals surface area contributed by atoms with Crippen LogP contribution < -0.4 is 15.5 Å². The Bertz CT molecular complexity index is 486. The van der Waals surface area contributed by atoms with Crippen LogP contribution in [0.5, 0.6) is 0 Å². The number of para-hydroxylation sites is 2. The number of hydrogen-bond acceptors (Lipinski definition) is 3. The Kier molecular flexibility index (Phi) is 3.67. The summed E-state index contributed by atoms with van der Waals surface area (Å²) in [6.07, 6.45) is 0. The lowest BCUT2D eigenvalue weighted by atomic mass is 10.0. The van der Waals surface area contributed by atoms with Crippen molar-refractivity contribution in [3.05, 3.63) is 35.4 Å². The molecule has 4 nitrogen and oxygen atoms in total. The Morgan fingerprint density at radius 2 is 1.94 bits per heavy atom. The minimum absolute atomic E-state index is 0.0131. The maximum absolute atomic E-state index is 12.1. The van der Waals surface area contributed by atoms with Gasteiger partial charge >= 0.3 is 0 Å². The van der Waals surface area contributed by atoms with Gasteiger partial charge in [0.1, 0.15) is 0 Å². The lowest BCUT2D eigenvalue weighted by Gasteiger charge is -2.22. The molecule has 0 spiro atoms. The highest BCUT2D eigenvalue weighted by atomic mass is 16.1. The third-order valence-electron chi connectivity index (χ3n) is 3.18. The molecule has 96 valence electrons. The van der Waals surface area contributed by atoms with E-state index in [-0.39, 0.29) is 5.91 Å². The van der Waals surface area contributed by atoms with E-state index in [0.717, 1.165) is 30.0 Å². The third kappa shape index (κ3) is 2.54. The molecule has 0 bridgehead atoms. The number of amides is 1. The maximum atomic E-state index is 12.1. The first-order chi connectivity index (χ1) is 8.59. The predicted octanol–water partition coefficient (Wildman–Crippen LogP) is 1.61. The highest BCUT2D eigenvalue weighted by molar-refractivity contribution is 6.05. The molecule has 4 heteroatoms. The fourth-order valence-corrected chi connectivity index (χ4v) is 1.86. The van der Waals surface area contributed by atoms with Crippen LogP contribution in [0.2, 0.25) is 0 Å². The Hall–Kier alpha value is -1.81. The van der Waals surface area contributed by atoms with Gasteiger partial charge in [0.05, 0.1) is 11.4 Å². The van der Waals surface area contributed by atoms with Gasteiger partial charge in [-0.15, -0.1) is 0 Å². The molecule has 0 saturated carbocycles. The van der Waals surface area contributed by atoms with Gasteiger partial charge in [-0.1, -0.05) is 12.1 Å². The van der Waals surface area contributed by atoms with E-state index in [4.69, 9.17) is 0 Å². The van der Waals surface area contributed by atoms with E-state index in [9.17, 15) is 4.79 Å². The third-order valence-corrected chi connectivity index (χ3v) is 3.18. The summed E-state index contributed by atoms with van der Waals surface area (Å²) in [6.45, 7) is 3.53. The summed E-state index contributed by atoms with van der Waals surface area (Å²) in [4.78, 5) is 14.1. The molecular formula is C14H19N3O. The van der Waals surface area contributed by atoms with Crippen molar-refractivity contribution >= 4 is 17.3 Å². The van der Waals surface area contributed by atoms with Crippen LogP contribution in [-0.4, -0.2) is 33.1 Å². The smallest absolute Gasteiger partial charge is 0.251 e. The zero-order chi connectivity index (χ0) is 13.1. The largest absolute Gasteiger partial charge is 0.376 e. The Morgan fingerprint density at radius 1 is 1.28 bits per heavy atom. The molecule has 1 aromatic rings. The van der Waals surface area contributed by atoms with Crippen LogP contribution in [0.15, 0.2) is 35.4 Å². The number of carbonyl (C=O) groups excluding carboxylic acids is 1. The standard InChI is InChI=1S/C14H19N3O/c1-10(11-8-15-9-11)14(18)16-12-6-4-5-7-13(12)17(2)3/h4-7,15H,8-9H2,1-3H3,(H,16,18). The molecule has 18 heavy (non-hydrogen) atoms. The molecule has 1 fully saturated rings. The Labute approximate surface area is 108 Å². The minimum Gasteiger partial charge on any atom is -0.376 e. The van der Waals surface area contributed by atoms with E-state index in [2.05, 4.69) is 10.6 Å². The molecule has 0 radical (unpaired) electrons. The molecule has 1 saturated heterocycles. The van der Waals surface area contributed by atoms with Crippen LogP contribution >= 0.6 is 0 Å². The molecular weight excluding hydrogens is 226 g/mol. The van der Waals surface area contributed by atoms with Crippen molar-refractivity contribution in [1.82, 2.24) is 5.32 Å². The highest BCUT2D eigenvalue weighted by Gasteiger charge is 2.16. The summed E-state index contributed by atoms with van der Waals surface area (Å²) in [6, 6.07) is 7.80. The van der Waals surface area contributed by atoms with E-state index in [1.54, 1.807) is 0 Å². The fourth-order valence-electron chi connectivity index (χ4n) is 1.86. The van der Waals surface area contributed by atoms with Crippen LogP contribution in [0.4, 0.5) is 11.4 Å². The van der Waals surface area contributed by atoms with Crippen molar-refractivity contribution < 1.29 is 4.79 Å². The molecule has 0 atom stereocenters. The summed E-state index contributed by atoms with van der Waals surface area (Å²) >= 11 is 0. The molecule has 1 aromatic carbocycles. The quantitative estimate of drug-likeness (QED) is 0.795. The summed E-state index contributed by atoms with van der Waals surface area (Å²) in [5.74, 6) is -0.0131. The first kappa shape index (κ1) is 12.6. The molecule has 2 rings (SSSR count). The van der Waals surface area contributed by atoms with Gasteiger partial charge in [0, 0.05) is 32.8 Å². The van der Waals surface area contributed by atoms with Crippen molar-refractivity contribution in [2.24, 2.45) is 0 Å². The van der Waals surface area contributed by atoms with Crippen molar-refractivity contribution in [1.29, 1.82) is 0 Å². The number of carbonyl (C=O) groups is 1. The zero-order valence-electron chi connectivity index (χ0n) is 11.1. The molecule has 2 N–H and O–H groups in total. The van der Waals surface area contributed by atoms with Crippen LogP contribution in [0.3, 0.4) is 0 Å². The second-order valence-corrected chi connectivity index (χ2v) is 4.70. The van der Waals surface area contributed by atoms with Gasteiger partial charge in [0.25, 0.3) is 5.91 Å². The maximum Gasteiger partial charge on any atom is 0.251 e. The summed E-state index contributed by atoms with van der Waals surface area (Å²) in [5, 5.41) is 6.12. The van der Waals surface area contributed by atoms with E-state index in [1.165, 1.54) is 5.57 Å². The summed E-state index contributed by atoms with van der Waals surface area (Å²) in [7, 11) is 3.93. The van der Waals surface area contributed by atoms with Crippen molar-refractivity contribution in [2.75, 3.05) is 37.4 Å². The first-order valence-electron chi connectivity index (χ1n) is 6.06. The number of nitrogens with one attached hydrogen (secondary N) is 2. The van der Waals surface area contributed by atoms with Crippen molar-refractivity contribution in [3.8, 4) is 0 Å². The van der Waals surface area contributed by atoms with Crippen LogP contribution in [0.1, 0.15) is 6.92 Å². The van der Waals surface area contributed by atoms with E-state index in [1.807, 2.05) is 50.2 Å². The first-order valence-corrected chi connectivity index (χ1v) is 6.06. The van der Waals surface area contributed by atoms with Gasteiger partial charge in [-0.3, -0.25) is 4.79 Å². The lowest BCUT2D eigenvalue weighted by molar-refractivity contribution is -0.112. The van der Waals surface area contributed by atoms with Gasteiger partial charge in [0.2, 0.25) is 0 Å². The number of rotatable bonds is 3. The van der Waals surface area contributed by atoms with Gasteiger partial charge in [-0.25, -0.2) is 0 Å². The second kappa shape index (κ2) is 5.23. The lowest BCUT2D eigenvalue weighted by Crippen LogP contribution is -2.36. The Balaban J connectivity index is 2.17.